The number of carbonyl (C=O) groups is 2. The number of likely N-dealkylation sites (N-methyl/N-ethyl adjacent to an activating group) is 1. The largest absolute Gasteiger partial charge is 0.494 e. The first-order chi connectivity index (χ1) is 15.1. The minimum atomic E-state index is -0.264. The van der Waals surface area contributed by atoms with Gasteiger partial charge in [0.05, 0.1) is 24.8 Å². The van der Waals surface area contributed by atoms with Crippen molar-refractivity contribution in [3.05, 3.63) is 71.4 Å². The normalized spacial score (nSPS) is 18.8. The number of hydrogen-bond acceptors (Lipinski definition) is 5. The van der Waals surface area contributed by atoms with Crippen LogP contribution in [0.4, 0.5) is 0 Å². The van der Waals surface area contributed by atoms with Gasteiger partial charge in [0.25, 0.3) is 11.8 Å². The number of imide groups is 1. The Morgan fingerprint density at radius 3 is 2.45 bits per heavy atom. The summed E-state index contributed by atoms with van der Waals surface area (Å²) in [6.45, 7) is 4.00. The van der Waals surface area contributed by atoms with Crippen LogP contribution in [0, 0.1) is 0 Å². The number of benzene rings is 2. The van der Waals surface area contributed by atoms with Gasteiger partial charge in [-0.15, -0.1) is 0 Å². The summed E-state index contributed by atoms with van der Waals surface area (Å²) in [5.74, 6) is 0.210. The maximum atomic E-state index is 13.4. The van der Waals surface area contributed by atoms with Crippen LogP contribution < -0.4 is 4.74 Å². The zero-order chi connectivity index (χ0) is 21.8. The number of hydrogen-bond donors (Lipinski definition) is 0. The van der Waals surface area contributed by atoms with Crippen LogP contribution in [0.5, 0.6) is 5.75 Å². The average molecular weight is 421 g/mol. The highest BCUT2D eigenvalue weighted by molar-refractivity contribution is 6.35. The summed E-state index contributed by atoms with van der Waals surface area (Å²) >= 11 is 0. The molecule has 0 bridgehead atoms. The molecule has 2 aliphatic heterocycles. The lowest BCUT2D eigenvalue weighted by Crippen LogP contribution is -2.39. The van der Waals surface area contributed by atoms with Gasteiger partial charge in [0.15, 0.2) is 0 Å². The van der Waals surface area contributed by atoms with Gasteiger partial charge in [-0.05, 0) is 43.0 Å². The molecule has 162 valence electrons. The van der Waals surface area contributed by atoms with Gasteiger partial charge in [-0.2, -0.15) is 0 Å². The quantitative estimate of drug-likeness (QED) is 0.612. The van der Waals surface area contributed by atoms with Crippen LogP contribution in [-0.4, -0.2) is 54.5 Å². The Morgan fingerprint density at radius 1 is 1.06 bits per heavy atom. The SMILES string of the molecule is CCOc1ccc(C2=C(N(C)Cc3ccccc3)C(=O)N(CC3CCCO3)C2=O)cc1. The van der Waals surface area contributed by atoms with E-state index in [9.17, 15) is 9.59 Å². The molecule has 0 aliphatic carbocycles. The fourth-order valence-electron chi connectivity index (χ4n) is 4.16. The molecule has 2 heterocycles. The van der Waals surface area contributed by atoms with E-state index in [-0.39, 0.29) is 17.9 Å². The van der Waals surface area contributed by atoms with E-state index in [1.165, 1.54) is 4.90 Å². The van der Waals surface area contributed by atoms with Crippen molar-refractivity contribution in [1.29, 1.82) is 0 Å². The van der Waals surface area contributed by atoms with Gasteiger partial charge in [0, 0.05) is 20.2 Å². The Bertz CT molecular complexity index is 963. The van der Waals surface area contributed by atoms with Crippen molar-refractivity contribution in [2.24, 2.45) is 0 Å². The molecule has 0 N–H and O–H groups in total. The molecular weight excluding hydrogens is 392 g/mol. The van der Waals surface area contributed by atoms with Gasteiger partial charge in [0.1, 0.15) is 11.4 Å². The van der Waals surface area contributed by atoms with E-state index < -0.39 is 0 Å². The molecule has 1 saturated heterocycles. The molecule has 1 unspecified atom stereocenters. The van der Waals surface area contributed by atoms with Gasteiger partial charge >= 0.3 is 0 Å². The highest BCUT2D eigenvalue weighted by Crippen LogP contribution is 2.33. The minimum absolute atomic E-state index is 0.0896. The molecule has 2 aromatic carbocycles. The molecule has 0 spiro atoms. The lowest BCUT2D eigenvalue weighted by atomic mass is 10.0. The molecule has 4 rings (SSSR count). The Balaban J connectivity index is 1.67. The van der Waals surface area contributed by atoms with Crippen molar-refractivity contribution in [2.45, 2.75) is 32.4 Å². The van der Waals surface area contributed by atoms with Crippen LogP contribution in [0.3, 0.4) is 0 Å². The molecule has 2 aromatic rings. The number of carbonyl (C=O) groups excluding carboxylic acids is 2. The third-order valence-electron chi connectivity index (χ3n) is 5.65. The zero-order valence-corrected chi connectivity index (χ0v) is 18.0. The van der Waals surface area contributed by atoms with Crippen LogP contribution in [-0.2, 0) is 20.9 Å². The van der Waals surface area contributed by atoms with Crippen LogP contribution in [0.15, 0.2) is 60.3 Å². The van der Waals surface area contributed by atoms with E-state index in [1.54, 1.807) is 0 Å². The molecule has 0 saturated carbocycles. The second-order valence-electron chi connectivity index (χ2n) is 7.88. The number of ether oxygens (including phenoxy) is 2. The summed E-state index contributed by atoms with van der Waals surface area (Å²) in [5, 5.41) is 0. The third-order valence-corrected chi connectivity index (χ3v) is 5.65. The first-order valence-electron chi connectivity index (χ1n) is 10.8. The molecule has 31 heavy (non-hydrogen) atoms. The summed E-state index contributed by atoms with van der Waals surface area (Å²) < 4.78 is 11.2. The number of rotatable bonds is 8. The lowest BCUT2D eigenvalue weighted by Gasteiger charge is -2.22. The van der Waals surface area contributed by atoms with Crippen LogP contribution >= 0.6 is 0 Å². The van der Waals surface area contributed by atoms with Crippen LogP contribution in [0.2, 0.25) is 0 Å². The maximum Gasteiger partial charge on any atom is 0.277 e. The Kier molecular flexibility index (Phi) is 6.37. The molecule has 6 heteroatoms. The molecule has 2 aliphatic rings. The zero-order valence-electron chi connectivity index (χ0n) is 18.0. The molecule has 1 fully saturated rings. The summed E-state index contributed by atoms with van der Waals surface area (Å²) in [7, 11) is 1.86. The van der Waals surface area contributed by atoms with Crippen molar-refractivity contribution in [3.8, 4) is 5.75 Å². The third kappa shape index (κ3) is 4.49. The van der Waals surface area contributed by atoms with E-state index in [1.807, 2.05) is 73.5 Å². The van der Waals surface area contributed by atoms with E-state index in [2.05, 4.69) is 0 Å². The topological polar surface area (TPSA) is 59.1 Å². The predicted molar refractivity (Wildman–Crippen MR) is 118 cm³/mol. The van der Waals surface area contributed by atoms with Crippen molar-refractivity contribution < 1.29 is 19.1 Å². The monoisotopic (exact) mass is 420 g/mol. The van der Waals surface area contributed by atoms with Crippen molar-refractivity contribution >= 4 is 17.4 Å². The first-order valence-corrected chi connectivity index (χ1v) is 10.8. The van der Waals surface area contributed by atoms with E-state index in [0.29, 0.717) is 43.1 Å². The Hall–Kier alpha value is -3.12. The molecule has 1 atom stereocenters. The van der Waals surface area contributed by atoms with Crippen molar-refractivity contribution in [3.63, 3.8) is 0 Å². The Labute approximate surface area is 183 Å². The summed E-state index contributed by atoms with van der Waals surface area (Å²) in [6.07, 6.45) is 1.74. The average Bonchev–Trinajstić information content (AvgIpc) is 3.37. The van der Waals surface area contributed by atoms with Gasteiger partial charge in [-0.3, -0.25) is 14.5 Å². The van der Waals surface area contributed by atoms with Gasteiger partial charge in [-0.25, -0.2) is 0 Å². The fourth-order valence-corrected chi connectivity index (χ4v) is 4.16. The predicted octanol–water partition coefficient (Wildman–Crippen LogP) is 3.48. The first kappa shape index (κ1) is 21.1. The molecule has 0 radical (unpaired) electrons. The highest BCUT2D eigenvalue weighted by atomic mass is 16.5. The number of nitrogens with zero attached hydrogens (tertiary/aromatic N) is 2. The van der Waals surface area contributed by atoms with Crippen molar-refractivity contribution in [1.82, 2.24) is 9.80 Å². The molecule has 2 amide bonds. The second kappa shape index (κ2) is 9.35. The van der Waals surface area contributed by atoms with Crippen LogP contribution in [0.1, 0.15) is 30.9 Å². The van der Waals surface area contributed by atoms with Gasteiger partial charge in [-0.1, -0.05) is 42.5 Å². The maximum absolute atomic E-state index is 13.4. The second-order valence-corrected chi connectivity index (χ2v) is 7.88. The molecule has 0 aromatic heterocycles. The highest BCUT2D eigenvalue weighted by Gasteiger charge is 2.42. The molecule has 6 nitrogen and oxygen atoms in total. The summed E-state index contributed by atoms with van der Waals surface area (Å²) in [6, 6.07) is 17.3. The Morgan fingerprint density at radius 2 is 1.81 bits per heavy atom. The number of amides is 2. The summed E-state index contributed by atoms with van der Waals surface area (Å²) in [4.78, 5) is 30.0. The standard InChI is InChI=1S/C25H28N2O4/c1-3-30-20-13-11-19(12-14-20)22-23(26(2)16-18-8-5-4-6-9-18)25(29)27(24(22)28)17-21-10-7-15-31-21/h4-6,8-9,11-14,21H,3,7,10,15-17H2,1-2H3. The van der Waals surface area contributed by atoms with E-state index in [4.69, 9.17) is 9.47 Å². The lowest BCUT2D eigenvalue weighted by molar-refractivity contribution is -0.139. The molecular formula is C25H28N2O4. The minimum Gasteiger partial charge on any atom is -0.494 e. The van der Waals surface area contributed by atoms with Gasteiger partial charge in [0.2, 0.25) is 0 Å². The van der Waals surface area contributed by atoms with E-state index in [0.717, 1.165) is 24.2 Å². The summed E-state index contributed by atoms with van der Waals surface area (Å²) in [5.41, 5.74) is 2.65. The van der Waals surface area contributed by atoms with Crippen LogP contribution in [0.25, 0.3) is 5.57 Å². The fraction of sp³-hybridized carbons (Fsp3) is 0.360. The smallest absolute Gasteiger partial charge is 0.277 e. The van der Waals surface area contributed by atoms with E-state index >= 15 is 0 Å². The van der Waals surface area contributed by atoms with Crippen molar-refractivity contribution in [2.75, 3.05) is 26.8 Å². The van der Waals surface area contributed by atoms with Gasteiger partial charge < -0.3 is 14.4 Å².